The van der Waals surface area contributed by atoms with Crippen molar-refractivity contribution in [3.05, 3.63) is 94.3 Å². The molecule has 3 aromatic carbocycles. The van der Waals surface area contributed by atoms with E-state index in [-0.39, 0.29) is 28.5 Å². The van der Waals surface area contributed by atoms with Gasteiger partial charge in [-0.05, 0) is 48.5 Å². The lowest BCUT2D eigenvalue weighted by molar-refractivity contribution is -0.114. The lowest BCUT2D eigenvalue weighted by Crippen LogP contribution is -2.18. The molecule has 3 rings (SSSR count). The molecule has 3 aromatic rings. The maximum atomic E-state index is 14.1. The number of benzene rings is 3. The van der Waals surface area contributed by atoms with Gasteiger partial charge in [-0.15, -0.1) is 0 Å². The van der Waals surface area contributed by atoms with E-state index in [0.717, 1.165) is 6.07 Å². The predicted octanol–water partition coefficient (Wildman–Crippen LogP) is 4.92. The molecule has 0 radical (unpaired) electrons. The molecular formula is C22H16ClFN2O3. The second-order valence-electron chi connectivity index (χ2n) is 6.21. The summed E-state index contributed by atoms with van der Waals surface area (Å²) >= 11 is 5.86. The zero-order chi connectivity index (χ0) is 21.0. The number of halogens is 2. The van der Waals surface area contributed by atoms with Crippen LogP contribution in [0.5, 0.6) is 0 Å². The highest BCUT2D eigenvalue weighted by atomic mass is 35.5. The Kier molecular flexibility index (Phi) is 6.04. The van der Waals surface area contributed by atoms with Crippen molar-refractivity contribution in [3.63, 3.8) is 0 Å². The molecule has 2 N–H and O–H groups in total. The summed E-state index contributed by atoms with van der Waals surface area (Å²) in [6, 6.07) is 16.4. The first kappa shape index (κ1) is 20.2. The van der Waals surface area contributed by atoms with Crippen LogP contribution in [0.15, 0.2) is 66.7 Å². The Hall–Kier alpha value is -3.51. The van der Waals surface area contributed by atoms with Crippen LogP contribution in [0.4, 0.5) is 15.8 Å². The van der Waals surface area contributed by atoms with Crippen LogP contribution in [0.2, 0.25) is 5.02 Å². The second-order valence-corrected chi connectivity index (χ2v) is 6.65. The number of anilines is 2. The molecule has 0 saturated heterocycles. The number of nitrogens with one attached hydrogen (secondary N) is 2. The van der Waals surface area contributed by atoms with Crippen molar-refractivity contribution < 1.29 is 18.8 Å². The summed E-state index contributed by atoms with van der Waals surface area (Å²) in [5, 5.41) is 5.46. The van der Waals surface area contributed by atoms with E-state index in [0.29, 0.717) is 16.3 Å². The Bertz CT molecular complexity index is 1100. The highest BCUT2D eigenvalue weighted by molar-refractivity contribution is 6.30. The van der Waals surface area contributed by atoms with E-state index < -0.39 is 11.7 Å². The highest BCUT2D eigenvalue weighted by Gasteiger charge is 2.19. The fourth-order valence-electron chi connectivity index (χ4n) is 2.73. The number of ketones is 1. The average Bonchev–Trinajstić information content (AvgIpc) is 2.70. The topological polar surface area (TPSA) is 75.3 Å². The summed E-state index contributed by atoms with van der Waals surface area (Å²) in [6.07, 6.45) is 0. The molecule has 0 aromatic heterocycles. The first-order valence-electron chi connectivity index (χ1n) is 8.63. The van der Waals surface area contributed by atoms with Gasteiger partial charge in [0.2, 0.25) is 5.91 Å². The van der Waals surface area contributed by atoms with Crippen molar-refractivity contribution in [1.82, 2.24) is 0 Å². The Balaban J connectivity index is 1.90. The largest absolute Gasteiger partial charge is 0.326 e. The molecule has 2 amide bonds. The monoisotopic (exact) mass is 410 g/mol. The summed E-state index contributed by atoms with van der Waals surface area (Å²) in [5.74, 6) is -2.01. The zero-order valence-corrected chi connectivity index (χ0v) is 16.1. The molecule has 29 heavy (non-hydrogen) atoms. The fraction of sp³-hybridized carbons (Fsp3) is 0.0455. The lowest BCUT2D eigenvalue weighted by atomic mass is 9.98. The minimum atomic E-state index is -0.672. The molecule has 0 aliphatic carbocycles. The fourth-order valence-corrected chi connectivity index (χ4v) is 2.85. The quantitative estimate of drug-likeness (QED) is 0.586. The molecule has 0 aliphatic rings. The van der Waals surface area contributed by atoms with Crippen molar-refractivity contribution in [1.29, 1.82) is 0 Å². The SMILES string of the molecule is CC(=O)Nc1ccc(F)c(NC(=O)c2ccccc2C(=O)c2ccc(Cl)cc2)c1. The second kappa shape index (κ2) is 8.67. The molecule has 0 fully saturated rings. The molecule has 0 bridgehead atoms. The average molecular weight is 411 g/mol. The van der Waals surface area contributed by atoms with Crippen LogP contribution in [0, 0.1) is 5.82 Å². The van der Waals surface area contributed by atoms with Crippen LogP contribution >= 0.6 is 11.6 Å². The Labute approximate surface area is 171 Å². The zero-order valence-electron chi connectivity index (χ0n) is 15.3. The van der Waals surface area contributed by atoms with Crippen LogP contribution < -0.4 is 10.6 Å². The van der Waals surface area contributed by atoms with E-state index in [9.17, 15) is 18.8 Å². The van der Waals surface area contributed by atoms with Crippen molar-refractivity contribution in [2.45, 2.75) is 6.92 Å². The molecule has 7 heteroatoms. The van der Waals surface area contributed by atoms with Gasteiger partial charge >= 0.3 is 0 Å². The lowest BCUT2D eigenvalue weighted by Gasteiger charge is -2.12. The van der Waals surface area contributed by atoms with Gasteiger partial charge in [-0.2, -0.15) is 0 Å². The van der Waals surface area contributed by atoms with Crippen LogP contribution in [0.1, 0.15) is 33.2 Å². The molecule has 0 heterocycles. The third-order valence-electron chi connectivity index (χ3n) is 4.06. The van der Waals surface area contributed by atoms with E-state index in [4.69, 9.17) is 11.6 Å². The summed E-state index contributed by atoms with van der Waals surface area (Å²) in [6.45, 7) is 1.32. The molecular weight excluding hydrogens is 395 g/mol. The van der Waals surface area contributed by atoms with Crippen LogP contribution in [-0.2, 0) is 4.79 Å². The first-order valence-corrected chi connectivity index (χ1v) is 9.01. The first-order chi connectivity index (χ1) is 13.8. The van der Waals surface area contributed by atoms with Gasteiger partial charge in [0.05, 0.1) is 11.3 Å². The number of hydrogen-bond acceptors (Lipinski definition) is 3. The Morgan fingerprint density at radius 2 is 1.52 bits per heavy atom. The normalized spacial score (nSPS) is 10.3. The van der Waals surface area contributed by atoms with Crippen LogP contribution in [0.25, 0.3) is 0 Å². The van der Waals surface area contributed by atoms with Crippen molar-refractivity contribution >= 4 is 40.6 Å². The van der Waals surface area contributed by atoms with Gasteiger partial charge in [-0.1, -0.05) is 29.8 Å². The minimum absolute atomic E-state index is 0.0942. The molecule has 0 saturated carbocycles. The van der Waals surface area contributed by atoms with E-state index in [1.165, 1.54) is 31.2 Å². The predicted molar refractivity (Wildman–Crippen MR) is 110 cm³/mol. The van der Waals surface area contributed by atoms with E-state index in [1.807, 2.05) is 0 Å². The van der Waals surface area contributed by atoms with Crippen molar-refractivity contribution in [3.8, 4) is 0 Å². The third kappa shape index (κ3) is 4.86. The molecule has 0 spiro atoms. The number of rotatable bonds is 5. The molecule has 0 unspecified atom stereocenters. The summed E-state index contributed by atoms with van der Waals surface area (Å²) in [5.41, 5.74) is 0.853. The molecule has 5 nitrogen and oxygen atoms in total. The van der Waals surface area contributed by atoms with E-state index in [1.54, 1.807) is 36.4 Å². The van der Waals surface area contributed by atoms with Gasteiger partial charge in [0, 0.05) is 28.8 Å². The molecule has 0 aliphatic heterocycles. The van der Waals surface area contributed by atoms with Gasteiger partial charge in [-0.25, -0.2) is 4.39 Å². The van der Waals surface area contributed by atoms with E-state index >= 15 is 0 Å². The Morgan fingerprint density at radius 3 is 2.17 bits per heavy atom. The number of carbonyl (C=O) groups excluding carboxylic acids is 3. The van der Waals surface area contributed by atoms with Gasteiger partial charge in [-0.3, -0.25) is 14.4 Å². The summed E-state index contributed by atoms with van der Waals surface area (Å²) in [4.78, 5) is 36.8. The van der Waals surface area contributed by atoms with Gasteiger partial charge in [0.1, 0.15) is 5.82 Å². The molecule has 146 valence electrons. The smallest absolute Gasteiger partial charge is 0.256 e. The van der Waals surface area contributed by atoms with Gasteiger partial charge in [0.15, 0.2) is 5.78 Å². The molecule has 0 atom stereocenters. The van der Waals surface area contributed by atoms with Crippen LogP contribution in [0.3, 0.4) is 0 Å². The highest BCUT2D eigenvalue weighted by Crippen LogP contribution is 2.22. The standard InChI is InChI=1S/C22H16ClFN2O3/c1-13(27)25-16-10-11-19(24)20(12-16)26-22(29)18-5-3-2-4-17(18)21(28)14-6-8-15(23)9-7-14/h2-12H,1H3,(H,25,27)(H,26,29). The number of hydrogen-bond donors (Lipinski definition) is 2. The van der Waals surface area contributed by atoms with Gasteiger partial charge in [0.25, 0.3) is 5.91 Å². The maximum absolute atomic E-state index is 14.1. The van der Waals surface area contributed by atoms with E-state index in [2.05, 4.69) is 10.6 Å². The summed E-state index contributed by atoms with van der Waals surface area (Å²) in [7, 11) is 0. The summed E-state index contributed by atoms with van der Waals surface area (Å²) < 4.78 is 14.1. The minimum Gasteiger partial charge on any atom is -0.326 e. The van der Waals surface area contributed by atoms with Gasteiger partial charge < -0.3 is 10.6 Å². The Morgan fingerprint density at radius 1 is 0.862 bits per heavy atom. The van der Waals surface area contributed by atoms with Crippen LogP contribution in [-0.4, -0.2) is 17.6 Å². The maximum Gasteiger partial charge on any atom is 0.256 e. The third-order valence-corrected chi connectivity index (χ3v) is 4.31. The number of carbonyl (C=O) groups is 3. The number of amides is 2. The van der Waals surface area contributed by atoms with Crippen molar-refractivity contribution in [2.75, 3.05) is 10.6 Å². The van der Waals surface area contributed by atoms with Crippen molar-refractivity contribution in [2.24, 2.45) is 0 Å².